The Morgan fingerprint density at radius 1 is 1.32 bits per heavy atom. The van der Waals surface area contributed by atoms with Gasteiger partial charge in [0.25, 0.3) is 0 Å². The van der Waals surface area contributed by atoms with Crippen molar-refractivity contribution in [2.75, 3.05) is 5.32 Å². The summed E-state index contributed by atoms with van der Waals surface area (Å²) in [7, 11) is 0. The Kier molecular flexibility index (Phi) is 4.02. The van der Waals surface area contributed by atoms with E-state index in [4.69, 9.17) is 4.42 Å². The molecule has 6 heteroatoms. The Bertz CT molecular complexity index is 783. The van der Waals surface area contributed by atoms with Crippen molar-refractivity contribution < 1.29 is 14.3 Å². The van der Waals surface area contributed by atoms with Gasteiger partial charge in [0.15, 0.2) is 5.58 Å². The predicted octanol–water partition coefficient (Wildman–Crippen LogP) is 3.90. The molecule has 0 unspecified atom stereocenters. The van der Waals surface area contributed by atoms with Crippen LogP contribution in [0.15, 0.2) is 27.9 Å². The molecule has 3 rings (SSSR count). The van der Waals surface area contributed by atoms with Gasteiger partial charge in [0.1, 0.15) is 11.3 Å². The number of nitrogens with one attached hydrogen (secondary N) is 1. The molecule has 0 aromatic carbocycles. The summed E-state index contributed by atoms with van der Waals surface area (Å²) in [5.41, 5.74) is -0.193. The smallest absolute Gasteiger partial charge is 0.347 e. The quantitative estimate of drug-likeness (QED) is 0.841. The van der Waals surface area contributed by atoms with Gasteiger partial charge in [0.05, 0.1) is 9.70 Å². The maximum atomic E-state index is 12.2. The molecular formula is C16H17NO4S. The molecule has 0 aliphatic heterocycles. The summed E-state index contributed by atoms with van der Waals surface area (Å²) in [6.07, 6.45) is 5.26. The van der Waals surface area contributed by atoms with Crippen LogP contribution in [-0.2, 0) is 4.79 Å². The summed E-state index contributed by atoms with van der Waals surface area (Å²) in [5.74, 6) is -0.226. The fraction of sp³-hybridized carbons (Fsp3) is 0.375. The van der Waals surface area contributed by atoms with E-state index in [1.165, 1.54) is 23.8 Å². The number of rotatable bonds is 3. The first-order valence-corrected chi connectivity index (χ1v) is 8.13. The Hall–Kier alpha value is -2.08. The van der Waals surface area contributed by atoms with Crippen LogP contribution in [0, 0.1) is 5.92 Å². The lowest BCUT2D eigenvalue weighted by Gasteiger charge is -2.20. The number of hydrogen-bond acceptors (Lipinski definition) is 5. The van der Waals surface area contributed by atoms with Gasteiger partial charge in [-0.15, -0.1) is 11.3 Å². The second kappa shape index (κ2) is 5.96. The Labute approximate surface area is 131 Å². The first kappa shape index (κ1) is 14.8. The van der Waals surface area contributed by atoms with Gasteiger partial charge in [-0.25, -0.2) is 4.79 Å². The molecule has 5 nitrogen and oxygen atoms in total. The SMILES string of the molecule is C=C(O)c1cc2sc(NC(=O)C3CCCCC3)cc2oc1=O. The summed E-state index contributed by atoms with van der Waals surface area (Å²) < 4.78 is 5.83. The maximum absolute atomic E-state index is 12.2. The van der Waals surface area contributed by atoms with Crippen LogP contribution in [0.1, 0.15) is 37.7 Å². The van der Waals surface area contributed by atoms with Crippen molar-refractivity contribution >= 4 is 38.3 Å². The van der Waals surface area contributed by atoms with Gasteiger partial charge in [-0.2, -0.15) is 0 Å². The summed E-state index contributed by atoms with van der Waals surface area (Å²) in [4.78, 5) is 23.9. The molecule has 2 N–H and O–H groups in total. The van der Waals surface area contributed by atoms with Crippen molar-refractivity contribution in [2.45, 2.75) is 32.1 Å². The molecular weight excluding hydrogens is 302 g/mol. The van der Waals surface area contributed by atoms with E-state index in [0.717, 1.165) is 25.7 Å². The third-order valence-electron chi connectivity index (χ3n) is 3.96. The van der Waals surface area contributed by atoms with Crippen LogP contribution < -0.4 is 10.9 Å². The van der Waals surface area contributed by atoms with E-state index in [1.54, 1.807) is 6.07 Å². The van der Waals surface area contributed by atoms with Crippen LogP contribution in [0.5, 0.6) is 0 Å². The van der Waals surface area contributed by atoms with Crippen LogP contribution in [0.2, 0.25) is 0 Å². The average Bonchev–Trinajstić information content (AvgIpc) is 2.88. The zero-order valence-corrected chi connectivity index (χ0v) is 12.9. The summed E-state index contributed by atoms with van der Waals surface area (Å²) in [6.45, 7) is 3.34. The highest BCUT2D eigenvalue weighted by atomic mass is 32.1. The van der Waals surface area contributed by atoms with Crippen molar-refractivity contribution in [3.05, 3.63) is 34.7 Å². The van der Waals surface area contributed by atoms with E-state index < -0.39 is 5.63 Å². The lowest BCUT2D eigenvalue weighted by atomic mass is 9.89. The monoisotopic (exact) mass is 319 g/mol. The molecule has 1 aliphatic rings. The number of aliphatic hydroxyl groups excluding tert-OH is 1. The van der Waals surface area contributed by atoms with Crippen LogP contribution in [0.4, 0.5) is 5.00 Å². The van der Waals surface area contributed by atoms with E-state index >= 15 is 0 Å². The van der Waals surface area contributed by atoms with Crippen molar-refractivity contribution in [3.63, 3.8) is 0 Å². The predicted molar refractivity (Wildman–Crippen MR) is 87.2 cm³/mol. The molecule has 116 valence electrons. The zero-order valence-electron chi connectivity index (χ0n) is 12.1. The molecule has 2 aromatic heterocycles. The Morgan fingerprint density at radius 3 is 2.73 bits per heavy atom. The van der Waals surface area contributed by atoms with Crippen LogP contribution >= 0.6 is 11.3 Å². The third-order valence-corrected chi connectivity index (χ3v) is 4.93. The number of aliphatic hydroxyl groups is 1. The summed E-state index contributed by atoms with van der Waals surface area (Å²) in [5, 5.41) is 12.9. The molecule has 0 bridgehead atoms. The molecule has 0 radical (unpaired) electrons. The fourth-order valence-corrected chi connectivity index (χ4v) is 3.70. The van der Waals surface area contributed by atoms with Gasteiger partial charge in [-0.1, -0.05) is 25.8 Å². The number of carbonyl (C=O) groups is 1. The summed E-state index contributed by atoms with van der Waals surface area (Å²) in [6, 6.07) is 3.18. The van der Waals surface area contributed by atoms with E-state index in [2.05, 4.69) is 11.9 Å². The largest absolute Gasteiger partial charge is 0.508 e. The number of hydrogen-bond donors (Lipinski definition) is 2. The minimum absolute atomic E-state index is 0.0281. The maximum Gasteiger partial charge on any atom is 0.347 e. The minimum atomic E-state index is -0.636. The molecule has 2 aromatic rings. The second-order valence-corrected chi connectivity index (χ2v) is 6.64. The molecule has 1 saturated carbocycles. The number of carbonyl (C=O) groups excluding carboxylic acids is 1. The number of thiophene rings is 1. The van der Waals surface area contributed by atoms with E-state index in [-0.39, 0.29) is 23.1 Å². The van der Waals surface area contributed by atoms with Crippen molar-refractivity contribution in [2.24, 2.45) is 5.92 Å². The highest BCUT2D eigenvalue weighted by Crippen LogP contribution is 2.31. The average molecular weight is 319 g/mol. The first-order chi connectivity index (χ1) is 10.5. The van der Waals surface area contributed by atoms with Gasteiger partial charge in [0.2, 0.25) is 5.91 Å². The topological polar surface area (TPSA) is 79.5 Å². The minimum Gasteiger partial charge on any atom is -0.508 e. The molecule has 1 amide bonds. The van der Waals surface area contributed by atoms with Crippen LogP contribution in [0.25, 0.3) is 16.0 Å². The van der Waals surface area contributed by atoms with E-state index in [9.17, 15) is 14.7 Å². The summed E-state index contributed by atoms with van der Waals surface area (Å²) >= 11 is 1.31. The Morgan fingerprint density at radius 2 is 2.05 bits per heavy atom. The molecule has 2 heterocycles. The standard InChI is InChI=1S/C16H17NO4S/c1-9(18)11-7-13-12(21-16(11)20)8-14(22-13)17-15(19)10-5-3-2-4-6-10/h7-8,10,18H,1-6H2,(H,17,19). The molecule has 0 spiro atoms. The lowest BCUT2D eigenvalue weighted by Crippen LogP contribution is -2.24. The van der Waals surface area contributed by atoms with E-state index in [1.807, 2.05) is 0 Å². The number of fused-ring (bicyclic) bond motifs is 1. The van der Waals surface area contributed by atoms with Crippen LogP contribution in [-0.4, -0.2) is 11.0 Å². The fourth-order valence-electron chi connectivity index (χ4n) is 2.76. The Balaban J connectivity index is 1.84. The van der Waals surface area contributed by atoms with E-state index in [0.29, 0.717) is 15.3 Å². The highest BCUT2D eigenvalue weighted by molar-refractivity contribution is 7.22. The molecule has 0 atom stereocenters. The third kappa shape index (κ3) is 2.92. The van der Waals surface area contributed by atoms with Gasteiger partial charge < -0.3 is 14.8 Å². The van der Waals surface area contributed by atoms with Gasteiger partial charge >= 0.3 is 5.63 Å². The lowest BCUT2D eigenvalue weighted by molar-refractivity contribution is -0.120. The number of amides is 1. The molecule has 0 saturated heterocycles. The van der Waals surface area contributed by atoms with Crippen molar-refractivity contribution in [1.82, 2.24) is 0 Å². The second-order valence-electron chi connectivity index (χ2n) is 5.56. The van der Waals surface area contributed by atoms with Gasteiger partial charge in [0, 0.05) is 12.0 Å². The van der Waals surface area contributed by atoms with Crippen molar-refractivity contribution in [1.29, 1.82) is 0 Å². The first-order valence-electron chi connectivity index (χ1n) is 7.31. The normalized spacial score (nSPS) is 15.8. The molecule has 1 aliphatic carbocycles. The van der Waals surface area contributed by atoms with Crippen molar-refractivity contribution in [3.8, 4) is 0 Å². The molecule has 22 heavy (non-hydrogen) atoms. The van der Waals surface area contributed by atoms with Crippen LogP contribution in [0.3, 0.4) is 0 Å². The van der Waals surface area contributed by atoms with Gasteiger partial charge in [-0.3, -0.25) is 4.79 Å². The highest BCUT2D eigenvalue weighted by Gasteiger charge is 2.22. The molecule has 1 fully saturated rings. The zero-order chi connectivity index (χ0) is 15.7. The van der Waals surface area contributed by atoms with Gasteiger partial charge in [-0.05, 0) is 18.9 Å². The number of anilines is 1.